The highest BCUT2D eigenvalue weighted by atomic mass is 32.1. The molecule has 218 valence electrons. The summed E-state index contributed by atoms with van der Waals surface area (Å²) in [5.74, 6) is -0.399. The van der Waals surface area contributed by atoms with Gasteiger partial charge in [0.1, 0.15) is 33.5 Å². The summed E-state index contributed by atoms with van der Waals surface area (Å²) < 4.78 is 35.4. The second kappa shape index (κ2) is 12.0. The van der Waals surface area contributed by atoms with Crippen LogP contribution in [0.1, 0.15) is 36.1 Å². The molecule has 0 spiro atoms. The first-order chi connectivity index (χ1) is 19.8. The largest absolute Gasteiger partial charge is 0.496 e. The molecule has 3 aromatic heterocycles. The normalized spacial score (nSPS) is 16.5. The lowest BCUT2D eigenvalue weighted by Gasteiger charge is -2.30. The number of aryl methyl sites for hydroxylation is 1. The van der Waals surface area contributed by atoms with Gasteiger partial charge >= 0.3 is 5.69 Å². The first kappa shape index (κ1) is 28.7. The number of fused-ring (bicyclic) bond motifs is 1. The van der Waals surface area contributed by atoms with Crippen LogP contribution in [0, 0.1) is 12.7 Å². The molecule has 1 aliphatic heterocycles. The highest BCUT2D eigenvalue weighted by Gasteiger charge is 2.33. The van der Waals surface area contributed by atoms with E-state index in [1.807, 2.05) is 0 Å². The quantitative estimate of drug-likeness (QED) is 0.263. The number of ether oxygens (including phenoxy) is 3. The molecule has 2 atom stereocenters. The molecule has 0 saturated carbocycles. The van der Waals surface area contributed by atoms with Crippen LogP contribution in [-0.4, -0.2) is 70.7 Å². The SMILES string of the molecule is COCCO[C@@H](Cn1c(=O)n([C@H]2CCCN(C)C2=O)c(=O)c2c(C)c(-n3cccn3)sc21)c1cc(F)ccc1OC. The van der Waals surface area contributed by atoms with Gasteiger partial charge in [0.2, 0.25) is 5.91 Å². The van der Waals surface area contributed by atoms with Crippen LogP contribution in [0.5, 0.6) is 5.75 Å². The van der Waals surface area contributed by atoms with E-state index in [2.05, 4.69) is 5.10 Å². The van der Waals surface area contributed by atoms with Gasteiger partial charge in [-0.05, 0) is 44.0 Å². The van der Waals surface area contributed by atoms with Crippen molar-refractivity contribution in [3.05, 3.63) is 74.4 Å². The number of carbonyl (C=O) groups is 1. The van der Waals surface area contributed by atoms with Crippen molar-refractivity contribution in [1.82, 2.24) is 23.8 Å². The topological polar surface area (TPSA) is 110 Å². The van der Waals surface area contributed by atoms with Crippen molar-refractivity contribution in [3.63, 3.8) is 0 Å². The van der Waals surface area contributed by atoms with Gasteiger partial charge in [-0.3, -0.25) is 14.2 Å². The lowest BCUT2D eigenvalue weighted by molar-refractivity contribution is -0.136. The molecule has 0 unspecified atom stereocenters. The molecule has 0 bridgehead atoms. The number of likely N-dealkylation sites (N-methyl/N-ethyl adjacent to an activating group) is 1. The third-order valence-electron chi connectivity index (χ3n) is 7.37. The number of rotatable bonds is 10. The Morgan fingerprint density at radius 1 is 1.20 bits per heavy atom. The van der Waals surface area contributed by atoms with Crippen molar-refractivity contribution in [3.8, 4) is 10.8 Å². The molecule has 0 radical (unpaired) electrons. The number of likely N-dealkylation sites (tertiary alicyclic amines) is 1. The van der Waals surface area contributed by atoms with Crippen molar-refractivity contribution in [1.29, 1.82) is 0 Å². The Hall–Kier alpha value is -3.81. The van der Waals surface area contributed by atoms with Gasteiger partial charge in [-0.25, -0.2) is 18.4 Å². The van der Waals surface area contributed by atoms with Gasteiger partial charge in [0.25, 0.3) is 5.56 Å². The number of methoxy groups -OCH3 is 2. The van der Waals surface area contributed by atoms with Crippen LogP contribution in [0.2, 0.25) is 0 Å². The lowest BCUT2D eigenvalue weighted by Crippen LogP contribution is -2.49. The molecule has 1 fully saturated rings. The molecule has 4 heterocycles. The van der Waals surface area contributed by atoms with Gasteiger partial charge in [-0.15, -0.1) is 0 Å². The second-order valence-electron chi connectivity index (χ2n) is 9.89. The molecule has 0 aliphatic carbocycles. The van der Waals surface area contributed by atoms with Crippen molar-refractivity contribution >= 4 is 27.5 Å². The van der Waals surface area contributed by atoms with E-state index >= 15 is 0 Å². The van der Waals surface area contributed by atoms with Crippen molar-refractivity contribution in [2.24, 2.45) is 0 Å². The van der Waals surface area contributed by atoms with Gasteiger partial charge in [-0.1, -0.05) is 11.3 Å². The van der Waals surface area contributed by atoms with E-state index in [0.29, 0.717) is 51.5 Å². The second-order valence-corrected chi connectivity index (χ2v) is 10.9. The van der Waals surface area contributed by atoms with Gasteiger partial charge in [0.05, 0.1) is 32.3 Å². The van der Waals surface area contributed by atoms with Crippen molar-refractivity contribution < 1.29 is 23.4 Å². The number of hydrogen-bond donors (Lipinski definition) is 0. The van der Waals surface area contributed by atoms with E-state index in [4.69, 9.17) is 14.2 Å². The Bertz CT molecular complexity index is 1680. The number of hydrogen-bond acceptors (Lipinski definition) is 8. The molecular formula is C28H32FN5O6S. The monoisotopic (exact) mass is 585 g/mol. The van der Waals surface area contributed by atoms with Gasteiger partial charge in [0.15, 0.2) is 0 Å². The van der Waals surface area contributed by atoms with Gasteiger partial charge in [-0.2, -0.15) is 5.10 Å². The van der Waals surface area contributed by atoms with Crippen LogP contribution >= 0.6 is 11.3 Å². The number of carbonyl (C=O) groups excluding carboxylic acids is 1. The van der Waals surface area contributed by atoms with Crippen LogP contribution in [0.25, 0.3) is 15.2 Å². The summed E-state index contributed by atoms with van der Waals surface area (Å²) in [5, 5.41) is 5.31. The van der Waals surface area contributed by atoms with Crippen molar-refractivity contribution in [2.45, 2.75) is 38.5 Å². The van der Waals surface area contributed by atoms with E-state index in [1.165, 1.54) is 48.3 Å². The summed E-state index contributed by atoms with van der Waals surface area (Å²) in [6.07, 6.45) is 3.56. The Balaban J connectivity index is 1.75. The Labute approximate surface area is 239 Å². The predicted octanol–water partition coefficient (Wildman–Crippen LogP) is 3.06. The van der Waals surface area contributed by atoms with E-state index in [9.17, 15) is 18.8 Å². The number of amides is 1. The van der Waals surface area contributed by atoms with Crippen LogP contribution < -0.4 is 16.0 Å². The Kier molecular flexibility index (Phi) is 8.38. The third-order valence-corrected chi connectivity index (χ3v) is 8.67. The van der Waals surface area contributed by atoms with Crippen LogP contribution in [0.15, 0.2) is 46.2 Å². The predicted molar refractivity (Wildman–Crippen MR) is 152 cm³/mol. The average molecular weight is 586 g/mol. The first-order valence-electron chi connectivity index (χ1n) is 13.2. The molecule has 1 saturated heterocycles. The number of piperidine rings is 1. The smallest absolute Gasteiger partial charge is 0.332 e. The average Bonchev–Trinajstić information content (AvgIpc) is 3.60. The zero-order valence-corrected chi connectivity index (χ0v) is 24.1. The van der Waals surface area contributed by atoms with E-state index in [0.717, 1.165) is 4.57 Å². The fourth-order valence-corrected chi connectivity index (χ4v) is 6.53. The standard InChI is InChI=1S/C28H32FN5O6S/c1-17-23-25(36)34(20-7-5-11-31(2)24(20)35)28(37)32(27(23)41-26(17)33-12-6-10-30-33)16-22(40-14-13-38-3)19-15-18(29)8-9-21(19)39-4/h6,8-10,12,15,20,22H,5,7,11,13-14,16H2,1-4H3/t20-,22-/m0/s1. The highest BCUT2D eigenvalue weighted by Crippen LogP contribution is 2.34. The maximum atomic E-state index is 14.5. The molecule has 13 heteroatoms. The number of halogens is 1. The third kappa shape index (κ3) is 5.32. The fourth-order valence-electron chi connectivity index (χ4n) is 5.28. The summed E-state index contributed by atoms with van der Waals surface area (Å²) in [4.78, 5) is 43.4. The van der Waals surface area contributed by atoms with Gasteiger partial charge in [0, 0.05) is 44.2 Å². The molecule has 11 nitrogen and oxygen atoms in total. The molecule has 5 rings (SSSR count). The minimum atomic E-state index is -0.937. The Morgan fingerprint density at radius 2 is 2.00 bits per heavy atom. The molecule has 1 aromatic carbocycles. The summed E-state index contributed by atoms with van der Waals surface area (Å²) in [7, 11) is 4.67. The number of benzene rings is 1. The summed E-state index contributed by atoms with van der Waals surface area (Å²) in [5.41, 5.74) is -0.129. The molecule has 41 heavy (non-hydrogen) atoms. The van der Waals surface area contributed by atoms with Crippen LogP contribution in [0.3, 0.4) is 0 Å². The first-order valence-corrected chi connectivity index (χ1v) is 14.1. The summed E-state index contributed by atoms with van der Waals surface area (Å²) in [6, 6.07) is 4.92. The molecule has 4 aromatic rings. The number of thiophene rings is 1. The molecular weight excluding hydrogens is 553 g/mol. The molecule has 1 aliphatic rings. The zero-order valence-electron chi connectivity index (χ0n) is 23.3. The maximum Gasteiger partial charge on any atom is 0.332 e. The van der Waals surface area contributed by atoms with Gasteiger partial charge < -0.3 is 19.1 Å². The zero-order chi connectivity index (χ0) is 29.3. The molecule has 0 N–H and O–H groups in total. The van der Waals surface area contributed by atoms with E-state index < -0.39 is 29.2 Å². The fraction of sp³-hybridized carbons (Fsp3) is 0.429. The summed E-state index contributed by atoms with van der Waals surface area (Å²) >= 11 is 1.24. The maximum absolute atomic E-state index is 14.5. The highest BCUT2D eigenvalue weighted by molar-refractivity contribution is 7.21. The van der Waals surface area contributed by atoms with Crippen LogP contribution in [0.4, 0.5) is 4.39 Å². The van der Waals surface area contributed by atoms with E-state index in [-0.39, 0.29) is 25.7 Å². The van der Waals surface area contributed by atoms with E-state index in [1.54, 1.807) is 42.0 Å². The minimum Gasteiger partial charge on any atom is -0.496 e. The summed E-state index contributed by atoms with van der Waals surface area (Å²) in [6.45, 7) is 2.70. The molecule has 1 amide bonds. The lowest BCUT2D eigenvalue weighted by atomic mass is 10.0. The number of nitrogens with zero attached hydrogens (tertiary/aromatic N) is 5. The van der Waals surface area contributed by atoms with Crippen LogP contribution in [-0.2, 0) is 20.8 Å². The van der Waals surface area contributed by atoms with Crippen molar-refractivity contribution in [2.75, 3.05) is 41.0 Å². The number of aromatic nitrogens is 4. The Morgan fingerprint density at radius 3 is 2.71 bits per heavy atom. The minimum absolute atomic E-state index is 0.0750.